The maximum Gasteiger partial charge on any atom is 0.332 e. The summed E-state index contributed by atoms with van der Waals surface area (Å²) in [5, 5.41) is 9.87. The number of anilines is 2. The summed E-state index contributed by atoms with van der Waals surface area (Å²) >= 11 is 26.5. The largest absolute Gasteiger partial charge is 0.480 e. The van der Waals surface area contributed by atoms with Crippen LogP contribution < -0.4 is 44.8 Å². The number of fused-ring (bicyclic) bond motifs is 3. The van der Waals surface area contributed by atoms with Crippen LogP contribution in [0, 0.1) is 13.8 Å². The molecule has 98 heavy (non-hydrogen) atoms. The van der Waals surface area contributed by atoms with Gasteiger partial charge in [0.25, 0.3) is 16.7 Å². The van der Waals surface area contributed by atoms with E-state index in [9.17, 15) is 67.1 Å². The van der Waals surface area contributed by atoms with Crippen LogP contribution >= 0.6 is 58.0 Å². The smallest absolute Gasteiger partial charge is 0.332 e. The Hall–Kier alpha value is -10.9. The van der Waals surface area contributed by atoms with E-state index in [1.54, 1.807) is 44.6 Å². The van der Waals surface area contributed by atoms with Crippen LogP contribution in [0.5, 0.6) is 0 Å². The summed E-state index contributed by atoms with van der Waals surface area (Å²) < 4.78 is 9.67. The lowest BCUT2D eigenvalue weighted by atomic mass is 10.2. The molecular formula is C58H57Cl5N20O15. The second kappa shape index (κ2) is 32.2. The Morgan fingerprint density at radius 1 is 0.510 bits per heavy atom. The SMILES string of the molecule is CC(=O)Cn1c(=O)c2c(ncn2[C@@H](C)C(=O)Cl)n(C)c1=O.CC(=O)Cn1c(=O)c2c(ncn2[C@@H](C)C(=O)Nc2cncc(-c3cnc(C)c(Cl)c3)n2)n(C)c1=O.CC(=O)Cn1c(=O)c2c(ncn2[C@@H](C)C(=O)O)n(C)c1=O.Cc1ncc(-c2cncc(N)n2)cc1Cl.O=C(Cl)C(=O)Cl. The number of aromatic nitrogens is 18. The number of ketones is 3. The van der Waals surface area contributed by atoms with Crippen molar-refractivity contribution in [2.24, 2.45) is 21.1 Å². The zero-order valence-electron chi connectivity index (χ0n) is 53.4. The van der Waals surface area contributed by atoms with Crippen LogP contribution in [0.1, 0.15) is 71.1 Å². The maximum atomic E-state index is 13.0. The third-order valence-electron chi connectivity index (χ3n) is 14.0. The summed E-state index contributed by atoms with van der Waals surface area (Å²) in [6, 6.07) is 0.763. The molecule has 0 spiro atoms. The van der Waals surface area contributed by atoms with Crippen molar-refractivity contribution in [2.75, 3.05) is 11.1 Å². The number of carbonyl (C=O) groups excluding carboxylic acids is 7. The van der Waals surface area contributed by atoms with Crippen molar-refractivity contribution in [3.05, 3.63) is 152 Å². The standard InChI is InChI=1S/C22H21ClN8O4.C12H13ClN4O4.C12H14N4O5.C10H9ClN4.C2Cl2O2/c1-11(32)9-30-21(34)18-19(29(4)22(30)35)26-10-31(18)13(3)20(33)28-17-8-24-7-16(27-17)14-5-15(23)12(2)25-6-14;1-6(18)4-16-11(20)8-10(15(3)12(16)21)14-5-17(8)7(2)9(13)19;1-6(17)4-15-10(18)8-9(14(3)12(15)21)13-5-16(8)7(2)11(19)20;1-6-8(11)2-7(3-14-6)9-4-13-5-10(12)15-9;3-1(5)2(4)6/h5-8,10,13H,9H2,1-4H3,(H,27,28,33);5,7H,4H2,1-3H3;5,7H,4H2,1-3H3,(H,19,20);2-5H,1H3,(H2,12,15);/t13-;2*7-;;/m000../s1. The quantitative estimate of drug-likeness (QED) is 0.0924. The number of halogens is 5. The third-order valence-corrected chi connectivity index (χ3v) is 15.5. The summed E-state index contributed by atoms with van der Waals surface area (Å²) in [6.07, 6.45) is 13.1. The molecule has 40 heteroatoms. The molecule has 0 aliphatic heterocycles. The van der Waals surface area contributed by atoms with Crippen LogP contribution in [-0.4, -0.2) is 136 Å². The number of imidazole rings is 3. The van der Waals surface area contributed by atoms with Crippen molar-refractivity contribution in [1.29, 1.82) is 0 Å². The molecule has 4 N–H and O–H groups in total. The molecule has 514 valence electrons. The molecule has 0 radical (unpaired) electrons. The topological polar surface area (TPSA) is 458 Å². The Morgan fingerprint density at radius 2 is 0.857 bits per heavy atom. The van der Waals surface area contributed by atoms with Gasteiger partial charge in [-0.05, 0) is 102 Å². The third kappa shape index (κ3) is 17.4. The van der Waals surface area contributed by atoms with Gasteiger partial charge in [0.2, 0.25) is 11.1 Å². The first-order valence-electron chi connectivity index (χ1n) is 28.1. The van der Waals surface area contributed by atoms with E-state index < -0.39 is 79.5 Å². The van der Waals surface area contributed by atoms with Crippen LogP contribution in [0.25, 0.3) is 56.0 Å². The van der Waals surface area contributed by atoms with E-state index in [0.29, 0.717) is 38.5 Å². The number of nitrogens with two attached hydrogens (primary N) is 1. The zero-order valence-corrected chi connectivity index (χ0v) is 57.2. The summed E-state index contributed by atoms with van der Waals surface area (Å²) in [5.74, 6) is -2.12. The normalized spacial score (nSPS) is 11.7. The number of pyridine rings is 2. The molecule has 1 amide bonds. The molecule has 35 nitrogen and oxygen atoms in total. The number of aliphatic carboxylic acids is 1. The van der Waals surface area contributed by atoms with Crippen LogP contribution in [0.4, 0.5) is 11.6 Å². The van der Waals surface area contributed by atoms with Gasteiger partial charge >= 0.3 is 33.5 Å². The summed E-state index contributed by atoms with van der Waals surface area (Å²) in [5.41, 5.74) is 5.86. The number of rotatable bonds is 16. The summed E-state index contributed by atoms with van der Waals surface area (Å²) in [4.78, 5) is 200. The van der Waals surface area contributed by atoms with Gasteiger partial charge in [0.05, 0.1) is 96.2 Å². The Morgan fingerprint density at radius 3 is 1.18 bits per heavy atom. The summed E-state index contributed by atoms with van der Waals surface area (Å²) in [6.45, 7) is 10.8. The van der Waals surface area contributed by atoms with Crippen molar-refractivity contribution >= 4 is 148 Å². The molecule has 10 heterocycles. The number of carboxylic acid groups (broad SMARTS) is 1. The Kier molecular flexibility index (Phi) is 25.0. The first kappa shape index (κ1) is 76.1. The van der Waals surface area contributed by atoms with E-state index in [-0.39, 0.29) is 76.3 Å². The number of carboxylic acids is 1. The number of nitrogens with one attached hydrogen (secondary N) is 1. The predicted octanol–water partition coefficient (Wildman–Crippen LogP) is 3.04. The number of nitrogen functional groups attached to an aromatic ring is 1. The highest BCUT2D eigenvalue weighted by atomic mass is 35.5. The highest BCUT2D eigenvalue weighted by Crippen LogP contribution is 2.25. The van der Waals surface area contributed by atoms with Gasteiger partial charge in [0.1, 0.15) is 41.3 Å². The molecule has 0 saturated carbocycles. The number of hydrogen-bond acceptors (Lipinski definition) is 24. The minimum atomic E-state index is -1.14. The van der Waals surface area contributed by atoms with Gasteiger partial charge < -0.3 is 29.9 Å². The zero-order chi connectivity index (χ0) is 73.2. The van der Waals surface area contributed by atoms with Crippen LogP contribution in [-0.2, 0) is 79.1 Å². The monoisotopic (exact) mass is 1450 g/mol. The first-order chi connectivity index (χ1) is 45.9. The number of amides is 1. The van der Waals surface area contributed by atoms with Gasteiger partial charge in [-0.1, -0.05) is 23.2 Å². The number of Topliss-reactive ketones (excluding diaryl/α,β-unsaturated/α-hetero) is 3. The molecule has 0 fully saturated rings. The van der Waals surface area contributed by atoms with E-state index in [2.05, 4.69) is 73.4 Å². The van der Waals surface area contributed by atoms with Crippen molar-refractivity contribution in [1.82, 2.24) is 86.0 Å². The van der Waals surface area contributed by atoms with Gasteiger partial charge in [-0.15, -0.1) is 0 Å². The van der Waals surface area contributed by atoms with Gasteiger partial charge in [-0.2, -0.15) is 0 Å². The molecule has 0 aliphatic rings. The van der Waals surface area contributed by atoms with E-state index in [1.807, 2.05) is 6.92 Å². The van der Waals surface area contributed by atoms with Gasteiger partial charge in [0, 0.05) is 44.7 Å². The van der Waals surface area contributed by atoms with Gasteiger partial charge in [-0.25, -0.2) is 44.1 Å². The molecule has 10 aromatic rings. The van der Waals surface area contributed by atoms with Crippen molar-refractivity contribution in [3.8, 4) is 22.5 Å². The lowest BCUT2D eigenvalue weighted by Gasteiger charge is -2.15. The van der Waals surface area contributed by atoms with Crippen molar-refractivity contribution in [3.63, 3.8) is 0 Å². The lowest BCUT2D eigenvalue weighted by molar-refractivity contribution is -0.140. The average molecular weight is 1450 g/mol. The number of hydrogen-bond donors (Lipinski definition) is 3. The maximum absolute atomic E-state index is 13.0. The Balaban J connectivity index is 0.000000209. The fraction of sp³-hybridized carbons (Fsp3) is 0.293. The van der Waals surface area contributed by atoms with Crippen LogP contribution in [0.3, 0.4) is 0 Å². The van der Waals surface area contributed by atoms with Gasteiger partial charge in [0.15, 0.2) is 39.3 Å². The minimum absolute atomic E-state index is 0.0201. The number of aryl methyl sites for hydroxylation is 5. The van der Waals surface area contributed by atoms with E-state index in [4.69, 9.17) is 45.6 Å². The van der Waals surface area contributed by atoms with Crippen molar-refractivity contribution < 1.29 is 43.5 Å². The number of nitrogens with zero attached hydrogens (tertiary/aromatic N) is 18. The molecule has 10 aromatic heterocycles. The van der Waals surface area contributed by atoms with Gasteiger partial charge in [-0.3, -0.25) is 95.3 Å². The molecule has 0 aliphatic carbocycles. The first-order valence-corrected chi connectivity index (χ1v) is 30.0. The Bertz CT molecular complexity index is 5100. The molecule has 3 atom stereocenters. The second-order valence-corrected chi connectivity index (χ2v) is 23.1. The summed E-state index contributed by atoms with van der Waals surface area (Å²) in [7, 11) is 4.28. The Labute approximate surface area is 574 Å². The minimum Gasteiger partial charge on any atom is -0.480 e. The van der Waals surface area contributed by atoms with Crippen LogP contribution in [0.2, 0.25) is 10.0 Å². The average Bonchev–Trinajstić information content (AvgIpc) is 1.57. The molecule has 0 aromatic carbocycles. The second-order valence-electron chi connectivity index (χ2n) is 21.2. The molecule has 0 bridgehead atoms. The fourth-order valence-corrected chi connectivity index (χ4v) is 9.24. The predicted molar refractivity (Wildman–Crippen MR) is 357 cm³/mol. The van der Waals surface area contributed by atoms with E-state index in [1.165, 1.54) is 107 Å². The number of carbonyl (C=O) groups is 8. The molecular weight excluding hydrogens is 1390 g/mol. The van der Waals surface area contributed by atoms with E-state index >= 15 is 0 Å². The van der Waals surface area contributed by atoms with E-state index in [0.717, 1.165) is 38.7 Å². The molecule has 0 unspecified atom stereocenters. The fourth-order valence-electron chi connectivity index (χ4n) is 8.80. The molecule has 10 rings (SSSR count). The lowest BCUT2D eigenvalue weighted by Crippen LogP contribution is -2.41. The highest BCUT2D eigenvalue weighted by molar-refractivity contribution is 6.97. The van der Waals surface area contributed by atoms with Crippen LogP contribution in [0.15, 0.2) is 97.1 Å². The highest BCUT2D eigenvalue weighted by Gasteiger charge is 2.26. The van der Waals surface area contributed by atoms with Crippen molar-refractivity contribution in [2.45, 2.75) is 93.1 Å². The molecule has 0 saturated heterocycles.